The van der Waals surface area contributed by atoms with E-state index in [1.54, 1.807) is 0 Å². The first-order valence-electron chi connectivity index (χ1n) is 6.21. The molecule has 0 aromatic carbocycles. The van der Waals surface area contributed by atoms with Crippen LogP contribution in [-0.2, 0) is 0 Å². The molecular weight excluding hydrogens is 204 g/mol. The fraction of sp³-hybridized carbons (Fsp3) is 0.235. The Morgan fingerprint density at radius 2 is 1.88 bits per heavy atom. The first kappa shape index (κ1) is 13.3. The third-order valence-electron chi connectivity index (χ3n) is 2.40. The summed E-state index contributed by atoms with van der Waals surface area (Å²) >= 11 is 0. The fourth-order valence-corrected chi connectivity index (χ4v) is 1.64. The Morgan fingerprint density at radius 1 is 1.06 bits per heavy atom. The van der Waals surface area contributed by atoms with E-state index < -0.39 is 0 Å². The van der Waals surface area contributed by atoms with Gasteiger partial charge in [-0.1, -0.05) is 62.0 Å². The molecule has 0 heteroatoms. The van der Waals surface area contributed by atoms with Crippen LogP contribution >= 0.6 is 0 Å². The molecule has 0 saturated carbocycles. The number of rotatable bonds is 1. The van der Waals surface area contributed by atoms with E-state index in [0.717, 1.165) is 6.42 Å². The number of hydrogen-bond donors (Lipinski definition) is 0. The van der Waals surface area contributed by atoms with E-state index in [2.05, 4.69) is 49.1 Å². The maximum atomic E-state index is 3.29. The average molecular weight is 224 g/mol. The highest BCUT2D eigenvalue weighted by Gasteiger charge is 2.02. The van der Waals surface area contributed by atoms with E-state index in [1.165, 1.54) is 16.7 Å². The van der Waals surface area contributed by atoms with Crippen LogP contribution in [0, 0.1) is 0 Å². The van der Waals surface area contributed by atoms with E-state index in [4.69, 9.17) is 0 Å². The molecule has 0 bridgehead atoms. The average Bonchev–Trinajstić information content (AvgIpc) is 2.73. The van der Waals surface area contributed by atoms with E-state index in [-0.39, 0.29) is 0 Å². The molecule has 0 atom stereocenters. The lowest BCUT2D eigenvalue weighted by molar-refractivity contribution is 1.25. The van der Waals surface area contributed by atoms with Crippen molar-refractivity contribution in [2.24, 2.45) is 0 Å². The smallest absolute Gasteiger partial charge is 0.0199 e. The Kier molecular flexibility index (Phi) is 5.85. The van der Waals surface area contributed by atoms with Crippen LogP contribution in [0.1, 0.15) is 27.2 Å². The Morgan fingerprint density at radius 3 is 2.71 bits per heavy atom. The van der Waals surface area contributed by atoms with Crippen LogP contribution < -0.4 is 0 Å². The van der Waals surface area contributed by atoms with Gasteiger partial charge in [0.2, 0.25) is 0 Å². The van der Waals surface area contributed by atoms with Crippen molar-refractivity contribution < 1.29 is 0 Å². The van der Waals surface area contributed by atoms with Gasteiger partial charge < -0.3 is 0 Å². The highest BCUT2D eigenvalue weighted by atomic mass is 14.1. The molecule has 0 spiro atoms. The van der Waals surface area contributed by atoms with Crippen LogP contribution in [0.25, 0.3) is 0 Å². The Labute approximate surface area is 105 Å². The number of hydrogen-bond acceptors (Lipinski definition) is 0. The quantitative estimate of drug-likeness (QED) is 0.546. The summed E-state index contributed by atoms with van der Waals surface area (Å²) in [7, 11) is 0. The van der Waals surface area contributed by atoms with Crippen molar-refractivity contribution in [1.29, 1.82) is 0 Å². The molecule has 0 heterocycles. The van der Waals surface area contributed by atoms with Crippen molar-refractivity contribution in [1.82, 2.24) is 0 Å². The topological polar surface area (TPSA) is 0 Å². The summed E-state index contributed by atoms with van der Waals surface area (Å²) in [6.45, 7) is 6.12. The molecule has 2 rings (SSSR count). The summed E-state index contributed by atoms with van der Waals surface area (Å²) in [6, 6.07) is 0. The first-order valence-corrected chi connectivity index (χ1v) is 6.21. The highest BCUT2D eigenvalue weighted by molar-refractivity contribution is 5.47. The Hall–Kier alpha value is -1.78. The van der Waals surface area contributed by atoms with Crippen molar-refractivity contribution in [3.63, 3.8) is 0 Å². The third-order valence-corrected chi connectivity index (χ3v) is 2.40. The Balaban J connectivity index is 0.000000686. The van der Waals surface area contributed by atoms with Gasteiger partial charge in [0.15, 0.2) is 0 Å². The zero-order valence-corrected chi connectivity index (χ0v) is 10.9. The van der Waals surface area contributed by atoms with Gasteiger partial charge in [-0.3, -0.25) is 0 Å². The molecule has 0 aromatic heterocycles. The number of allylic oxidation sites excluding steroid dienone is 11. The second-order valence-electron chi connectivity index (χ2n) is 3.68. The molecule has 0 fully saturated rings. The summed E-state index contributed by atoms with van der Waals surface area (Å²) in [5.74, 6) is 0. The van der Waals surface area contributed by atoms with Crippen molar-refractivity contribution in [3.8, 4) is 0 Å². The van der Waals surface area contributed by atoms with Crippen LogP contribution in [0.4, 0.5) is 0 Å². The fourth-order valence-electron chi connectivity index (χ4n) is 1.64. The van der Waals surface area contributed by atoms with Gasteiger partial charge in [-0.15, -0.1) is 5.73 Å². The van der Waals surface area contributed by atoms with Gasteiger partial charge in [0.25, 0.3) is 0 Å². The maximum absolute atomic E-state index is 3.29. The monoisotopic (exact) mass is 224 g/mol. The van der Waals surface area contributed by atoms with E-state index in [0.29, 0.717) is 0 Å². The van der Waals surface area contributed by atoms with Crippen LogP contribution in [0.15, 0.2) is 77.1 Å². The van der Waals surface area contributed by atoms with Gasteiger partial charge >= 0.3 is 0 Å². The van der Waals surface area contributed by atoms with E-state index in [9.17, 15) is 0 Å². The molecule has 0 radical (unpaired) electrons. The van der Waals surface area contributed by atoms with Gasteiger partial charge in [-0.2, -0.15) is 0 Å². The first-order chi connectivity index (χ1) is 8.36. The van der Waals surface area contributed by atoms with Crippen LogP contribution in [0.2, 0.25) is 0 Å². The lowest BCUT2D eigenvalue weighted by Gasteiger charge is -2.02. The zero-order chi connectivity index (χ0) is 12.5. The lowest BCUT2D eigenvalue weighted by atomic mass is 10.0. The summed E-state index contributed by atoms with van der Waals surface area (Å²) in [6.07, 6.45) is 19.8. The summed E-state index contributed by atoms with van der Waals surface area (Å²) in [5, 5.41) is 0. The largest absolute Gasteiger partial charge is 0.113 e. The molecule has 88 valence electrons. The molecule has 17 heavy (non-hydrogen) atoms. The maximum Gasteiger partial charge on any atom is 0.0199 e. The second kappa shape index (κ2) is 7.49. The lowest BCUT2D eigenvalue weighted by Crippen LogP contribution is -1.84. The van der Waals surface area contributed by atoms with E-state index >= 15 is 0 Å². The predicted octanol–water partition coefficient (Wildman–Crippen LogP) is 5.05. The van der Waals surface area contributed by atoms with Gasteiger partial charge in [-0.05, 0) is 31.1 Å². The molecule has 2 aliphatic carbocycles. The molecule has 0 aromatic rings. The minimum Gasteiger partial charge on any atom is -0.113 e. The van der Waals surface area contributed by atoms with Crippen molar-refractivity contribution in [2.45, 2.75) is 27.2 Å². The minimum atomic E-state index is 0.981. The van der Waals surface area contributed by atoms with Gasteiger partial charge in [-0.25, -0.2) is 0 Å². The molecule has 0 saturated heterocycles. The summed E-state index contributed by atoms with van der Waals surface area (Å²) < 4.78 is 0. The molecule has 0 amide bonds. The summed E-state index contributed by atoms with van der Waals surface area (Å²) in [5.41, 5.74) is 7.09. The van der Waals surface area contributed by atoms with Crippen LogP contribution in [0.5, 0.6) is 0 Å². The van der Waals surface area contributed by atoms with Gasteiger partial charge in [0.1, 0.15) is 0 Å². The van der Waals surface area contributed by atoms with E-state index in [1.807, 2.05) is 32.1 Å². The Bertz CT molecular complexity index is 456. The standard InChI is InChI=1S/C15H14.C2H6/c1-13-8-6-7-11-15(12-13)14-9-4-2-3-5-10-14;1-2/h2-9,12H,11H2,1H3;1-2H3. The highest BCUT2D eigenvalue weighted by Crippen LogP contribution is 2.20. The SMILES string of the molecule is CC.CC1=CC=CCC(C2=C=CC=CC=C2)=C1. The van der Waals surface area contributed by atoms with Crippen LogP contribution in [0.3, 0.4) is 0 Å². The third kappa shape index (κ3) is 4.30. The van der Waals surface area contributed by atoms with Crippen molar-refractivity contribution in [2.75, 3.05) is 0 Å². The second-order valence-corrected chi connectivity index (χ2v) is 3.68. The molecule has 0 N–H and O–H groups in total. The molecule has 0 nitrogen and oxygen atoms in total. The predicted molar refractivity (Wildman–Crippen MR) is 76.8 cm³/mol. The molecular formula is C17H20. The van der Waals surface area contributed by atoms with Crippen molar-refractivity contribution in [3.05, 3.63) is 77.1 Å². The van der Waals surface area contributed by atoms with Gasteiger partial charge in [0, 0.05) is 5.57 Å². The van der Waals surface area contributed by atoms with Gasteiger partial charge in [0.05, 0.1) is 0 Å². The molecule has 2 aliphatic rings. The zero-order valence-electron chi connectivity index (χ0n) is 10.9. The summed E-state index contributed by atoms with van der Waals surface area (Å²) in [4.78, 5) is 0. The van der Waals surface area contributed by atoms with Crippen LogP contribution in [-0.4, -0.2) is 0 Å². The molecule has 0 aliphatic heterocycles. The van der Waals surface area contributed by atoms with Crippen molar-refractivity contribution >= 4 is 0 Å². The molecule has 0 unspecified atom stereocenters. The normalized spacial score (nSPS) is 17.2. The minimum absolute atomic E-state index is 0.981.